The standard InChI is InChI=1S/C61H86N5O8/c1-56(2)35-43(36-57(3,4)65(56)73-45-28-20-14-21-29-45)63-49(67)32-40(52(63)69)34-61(10,42-26-18-13-19-27-42)51-47(53(70)62(11)55(51)72)39-60(9,41-24-16-12-17-25-41)48-33-50(68)64(54(48)71)44-37-58(5,6)66(59(7,8)38-44)74-46-30-22-15-23-31-46/h12-13,16-19,24-27,32,40,43-48,51H,14-15,20-23,28-31,33-39H2,1-11H3. The van der Waals surface area contributed by atoms with Gasteiger partial charge in [0.2, 0.25) is 35.4 Å². The third kappa shape index (κ3) is 9.98. The highest BCUT2D eigenvalue weighted by Gasteiger charge is 2.62. The second-order valence-corrected chi connectivity index (χ2v) is 26.7. The van der Waals surface area contributed by atoms with Gasteiger partial charge in [0.25, 0.3) is 0 Å². The van der Waals surface area contributed by atoms with Crippen LogP contribution >= 0.6 is 0 Å². The van der Waals surface area contributed by atoms with E-state index in [2.05, 4.69) is 65.5 Å². The quantitative estimate of drug-likeness (QED) is 0.168. The number of amides is 6. The normalized spacial score (nSPS) is 30.4. The van der Waals surface area contributed by atoms with Gasteiger partial charge in [0.05, 0.1) is 42.3 Å². The third-order valence-corrected chi connectivity index (χ3v) is 19.1. The first kappa shape index (κ1) is 54.5. The molecule has 5 saturated heterocycles. The Bertz CT molecular complexity index is 2410. The fraction of sp³-hybridized carbons (Fsp3) is 0.689. The second kappa shape index (κ2) is 20.2. The van der Waals surface area contributed by atoms with E-state index in [4.69, 9.17) is 9.68 Å². The van der Waals surface area contributed by atoms with Gasteiger partial charge in [-0.15, -0.1) is 0 Å². The predicted octanol–water partition coefficient (Wildman–Crippen LogP) is 10.0. The van der Waals surface area contributed by atoms with Gasteiger partial charge in [-0.05, 0) is 131 Å². The molecule has 13 heteroatoms. The lowest BCUT2D eigenvalue weighted by Crippen LogP contribution is -2.65. The Balaban J connectivity index is 1.01. The van der Waals surface area contributed by atoms with Crippen LogP contribution in [0.5, 0.6) is 0 Å². The second-order valence-electron chi connectivity index (χ2n) is 26.7. The summed E-state index contributed by atoms with van der Waals surface area (Å²) in [6.07, 6.45) is 15.3. The molecule has 0 spiro atoms. The number of hydrogen-bond acceptors (Lipinski definition) is 10. The van der Waals surface area contributed by atoms with Crippen LogP contribution in [-0.2, 0) is 49.3 Å². The molecule has 6 amide bonds. The lowest BCUT2D eigenvalue weighted by Gasteiger charge is -2.56. The summed E-state index contributed by atoms with van der Waals surface area (Å²) >= 11 is 0. The average molecular weight is 1020 g/mol. The zero-order chi connectivity index (χ0) is 53.3. The fourth-order valence-corrected chi connectivity index (χ4v) is 15.9. The Hall–Kier alpha value is -4.30. The monoisotopic (exact) mass is 1020 g/mol. The van der Waals surface area contributed by atoms with Gasteiger partial charge < -0.3 is 0 Å². The van der Waals surface area contributed by atoms with Crippen LogP contribution in [0.1, 0.15) is 190 Å². The highest BCUT2D eigenvalue weighted by molar-refractivity contribution is 6.10. The Kier molecular flexibility index (Phi) is 14.9. The van der Waals surface area contributed by atoms with Crippen LogP contribution in [0, 0.1) is 30.1 Å². The molecule has 5 heterocycles. The van der Waals surface area contributed by atoms with Crippen LogP contribution in [0.15, 0.2) is 60.7 Å². The number of benzene rings is 2. The largest absolute Gasteiger partial charge is 0.295 e. The Labute approximate surface area is 441 Å². The maximum Gasteiger partial charge on any atom is 0.234 e. The number of hydroxylamine groups is 4. The molecule has 403 valence electrons. The maximum absolute atomic E-state index is 15.4. The Morgan fingerprint density at radius 3 is 1.42 bits per heavy atom. The Morgan fingerprint density at radius 1 is 0.527 bits per heavy atom. The van der Waals surface area contributed by atoms with Crippen molar-refractivity contribution in [2.75, 3.05) is 7.05 Å². The first-order valence-corrected chi connectivity index (χ1v) is 28.2. The van der Waals surface area contributed by atoms with Gasteiger partial charge in [-0.25, -0.2) is 0 Å². The van der Waals surface area contributed by atoms with Crippen molar-refractivity contribution in [3.05, 3.63) is 78.2 Å². The van der Waals surface area contributed by atoms with Crippen molar-refractivity contribution in [1.82, 2.24) is 24.8 Å². The lowest BCUT2D eigenvalue weighted by molar-refractivity contribution is -0.313. The third-order valence-electron chi connectivity index (χ3n) is 19.1. The number of carbonyl (C=O) groups is 6. The molecule has 2 saturated carbocycles. The summed E-state index contributed by atoms with van der Waals surface area (Å²) in [5.41, 5.74) is -2.52. The summed E-state index contributed by atoms with van der Waals surface area (Å²) < 4.78 is 0. The predicted molar refractivity (Wildman–Crippen MR) is 283 cm³/mol. The molecule has 5 aliphatic heterocycles. The molecule has 6 atom stereocenters. The maximum atomic E-state index is 15.4. The van der Waals surface area contributed by atoms with Gasteiger partial charge in [0.1, 0.15) is 0 Å². The van der Waals surface area contributed by atoms with Crippen LogP contribution < -0.4 is 0 Å². The topological polar surface area (TPSA) is 137 Å². The zero-order valence-corrected chi connectivity index (χ0v) is 46.5. The molecule has 2 aromatic rings. The molecule has 1 radical (unpaired) electrons. The van der Waals surface area contributed by atoms with Gasteiger partial charge >= 0.3 is 0 Å². The van der Waals surface area contributed by atoms with Crippen LogP contribution in [0.3, 0.4) is 0 Å². The zero-order valence-electron chi connectivity index (χ0n) is 46.5. The molecule has 9 rings (SSSR count). The number of carbonyl (C=O) groups excluding carboxylic acids is 6. The molecule has 74 heavy (non-hydrogen) atoms. The van der Waals surface area contributed by atoms with E-state index in [0.29, 0.717) is 25.7 Å². The van der Waals surface area contributed by atoms with Gasteiger partial charge in [-0.3, -0.25) is 53.1 Å². The van der Waals surface area contributed by atoms with Crippen LogP contribution in [0.25, 0.3) is 0 Å². The molecular weight excluding hydrogens is 931 g/mol. The molecule has 7 fully saturated rings. The van der Waals surface area contributed by atoms with Gasteiger partial charge in [0.15, 0.2) is 0 Å². The highest BCUT2D eigenvalue weighted by atomic mass is 16.7. The van der Waals surface area contributed by atoms with E-state index in [0.717, 1.165) is 62.5 Å². The van der Waals surface area contributed by atoms with E-state index in [1.807, 2.05) is 74.5 Å². The van der Waals surface area contributed by atoms with Crippen molar-refractivity contribution in [2.45, 2.75) is 236 Å². The summed E-state index contributed by atoms with van der Waals surface area (Å²) in [5, 5.41) is 4.29. The minimum Gasteiger partial charge on any atom is -0.295 e. The van der Waals surface area contributed by atoms with Crippen molar-refractivity contribution in [3.8, 4) is 0 Å². The number of likely N-dealkylation sites (tertiary alicyclic amines) is 3. The molecule has 13 nitrogen and oxygen atoms in total. The van der Waals surface area contributed by atoms with Crippen LogP contribution in [0.4, 0.5) is 0 Å². The summed E-state index contributed by atoms with van der Waals surface area (Å²) in [5.74, 6) is -5.42. The SMILES string of the molecule is CN1C(=O)C(CC(C)(c2ccccc2)C2CC(=O)N(C3CC(C)(C)N(OC4CCCCC4)C(C)(C)C3)C2=O)C(C(C)(CC2[CH]C(=O)N(C3CC(C)(C)N(OC4CCCCC4)C(C)(C)C3)C2=O)c2ccccc2)C1=O. The van der Waals surface area contributed by atoms with Crippen molar-refractivity contribution in [2.24, 2.45) is 23.7 Å². The minimum absolute atomic E-state index is 0.0298. The van der Waals surface area contributed by atoms with E-state index < -0.39 is 56.7 Å². The molecule has 7 aliphatic rings. The first-order valence-electron chi connectivity index (χ1n) is 28.2. The van der Waals surface area contributed by atoms with Crippen molar-refractivity contribution in [3.63, 3.8) is 0 Å². The van der Waals surface area contributed by atoms with Gasteiger partial charge in [0, 0.05) is 58.5 Å². The number of hydrogen-bond donors (Lipinski definition) is 0. The summed E-state index contributed by atoms with van der Waals surface area (Å²) in [6, 6.07) is 18.5. The Morgan fingerprint density at radius 2 is 0.959 bits per heavy atom. The molecule has 6 unspecified atom stereocenters. The van der Waals surface area contributed by atoms with Crippen molar-refractivity contribution >= 4 is 35.4 Å². The van der Waals surface area contributed by atoms with E-state index >= 15 is 14.4 Å². The highest BCUT2D eigenvalue weighted by Crippen LogP contribution is 2.54. The van der Waals surface area contributed by atoms with E-state index in [1.165, 1.54) is 41.0 Å². The minimum atomic E-state index is -1.13. The molecule has 0 N–H and O–H groups in total. The molecule has 0 aromatic heterocycles. The van der Waals surface area contributed by atoms with Crippen LogP contribution in [0.2, 0.25) is 0 Å². The van der Waals surface area contributed by atoms with Crippen molar-refractivity contribution < 1.29 is 38.4 Å². The number of rotatable bonds is 14. The molecule has 0 bridgehead atoms. The fourth-order valence-electron chi connectivity index (χ4n) is 15.9. The summed E-state index contributed by atoms with van der Waals surface area (Å²) in [6.45, 7) is 21.1. The lowest BCUT2D eigenvalue weighted by atomic mass is 9.58. The summed E-state index contributed by atoms with van der Waals surface area (Å²) in [4.78, 5) is 107. The van der Waals surface area contributed by atoms with E-state index in [-0.39, 0.29) is 79.0 Å². The molecule has 2 aromatic carbocycles. The smallest absolute Gasteiger partial charge is 0.234 e. The summed E-state index contributed by atoms with van der Waals surface area (Å²) in [7, 11) is 1.52. The number of imide groups is 3. The molecular formula is C61H86N5O8. The average Bonchev–Trinajstić information content (AvgIpc) is 3.89. The first-order chi connectivity index (χ1) is 34.8. The van der Waals surface area contributed by atoms with Crippen molar-refractivity contribution in [1.29, 1.82) is 0 Å². The number of piperidine rings is 2. The van der Waals surface area contributed by atoms with Crippen LogP contribution in [-0.4, -0.2) is 114 Å². The van der Waals surface area contributed by atoms with E-state index in [1.54, 1.807) is 0 Å². The molecule has 2 aliphatic carbocycles. The number of nitrogens with zero attached hydrogens (tertiary/aromatic N) is 5. The van der Waals surface area contributed by atoms with E-state index in [9.17, 15) is 14.4 Å². The van der Waals surface area contributed by atoms with Gasteiger partial charge in [-0.1, -0.05) is 113 Å². The van der Waals surface area contributed by atoms with Gasteiger partial charge in [-0.2, -0.15) is 10.1 Å².